The Morgan fingerprint density at radius 1 is 0.863 bits per heavy atom. The molecule has 3 unspecified atom stereocenters. The van der Waals surface area contributed by atoms with Crippen molar-refractivity contribution in [2.45, 2.75) is 77.1 Å². The third kappa shape index (κ3) is 8.03. The average Bonchev–Trinajstić information content (AvgIpc) is 3.62. The van der Waals surface area contributed by atoms with Gasteiger partial charge < -0.3 is 16.0 Å². The van der Waals surface area contributed by atoms with Crippen LogP contribution in [0.25, 0.3) is 22.3 Å². The van der Waals surface area contributed by atoms with E-state index in [1.165, 1.54) is 12.1 Å². The molecule has 266 valence electrons. The number of anilines is 1. The first kappa shape index (κ1) is 35.9. The van der Waals surface area contributed by atoms with Crippen LogP contribution in [-0.2, 0) is 27.1 Å². The molecule has 0 radical (unpaired) electrons. The Kier molecular flexibility index (Phi) is 10.9. The number of rotatable bonds is 12. The summed E-state index contributed by atoms with van der Waals surface area (Å²) in [6, 6.07) is 26.5. The Morgan fingerprint density at radius 3 is 2.24 bits per heavy atom. The topological polar surface area (TPSA) is 92.5 Å². The highest BCUT2D eigenvalue weighted by Crippen LogP contribution is 2.42. The van der Waals surface area contributed by atoms with Gasteiger partial charge in [-0.25, -0.2) is 0 Å². The first-order valence-electron chi connectivity index (χ1n) is 17.9. The standard InChI is InChI=1S/C42H44F3N3O3/c1-2-3-15-35(39(46)49)36(25-27-11-4-5-12-27)40(50)47-38-34-18-7-6-16-32(34)33-17-8-9-19-37(33)48(41(38)51)26-28-13-10-14-30(24-28)29-20-22-31(23-21-29)42(43,44)45/h6-10,13-14,16-24,27,35-36,38H,2-5,11-12,15,25-26H2,1H3,(H2,46,49)(H,47,50). The maximum atomic E-state index is 14.9. The summed E-state index contributed by atoms with van der Waals surface area (Å²) in [5, 5.41) is 3.13. The van der Waals surface area contributed by atoms with Gasteiger partial charge in [0.05, 0.1) is 17.8 Å². The number of alkyl halides is 3. The van der Waals surface area contributed by atoms with Gasteiger partial charge in [0, 0.05) is 17.4 Å². The summed E-state index contributed by atoms with van der Waals surface area (Å²) in [4.78, 5) is 43.8. The molecule has 0 saturated heterocycles. The molecule has 4 aromatic rings. The molecule has 1 aliphatic carbocycles. The molecule has 0 bridgehead atoms. The lowest BCUT2D eigenvalue weighted by molar-refractivity contribution is -0.137. The van der Waals surface area contributed by atoms with Crippen molar-refractivity contribution >= 4 is 23.4 Å². The average molecular weight is 696 g/mol. The number of benzene rings is 4. The molecule has 1 heterocycles. The molecule has 2 aliphatic rings. The number of para-hydroxylation sites is 1. The van der Waals surface area contributed by atoms with E-state index in [0.29, 0.717) is 41.1 Å². The first-order valence-corrected chi connectivity index (χ1v) is 17.9. The molecule has 1 aliphatic heterocycles. The van der Waals surface area contributed by atoms with Crippen LogP contribution < -0.4 is 16.0 Å². The van der Waals surface area contributed by atoms with Gasteiger partial charge in [-0.05, 0) is 70.8 Å². The lowest BCUT2D eigenvalue weighted by atomic mass is 9.79. The Morgan fingerprint density at radius 2 is 1.55 bits per heavy atom. The van der Waals surface area contributed by atoms with Gasteiger partial charge in [0.1, 0.15) is 6.04 Å². The van der Waals surface area contributed by atoms with Crippen LogP contribution in [0.5, 0.6) is 0 Å². The number of nitrogens with one attached hydrogen (secondary N) is 1. The maximum Gasteiger partial charge on any atom is 0.416 e. The fourth-order valence-corrected chi connectivity index (χ4v) is 7.80. The highest BCUT2D eigenvalue weighted by atomic mass is 19.4. The summed E-state index contributed by atoms with van der Waals surface area (Å²) in [5.41, 5.74) is 10.3. The summed E-state index contributed by atoms with van der Waals surface area (Å²) in [6.45, 7) is 2.19. The molecule has 0 spiro atoms. The first-order chi connectivity index (χ1) is 24.5. The van der Waals surface area contributed by atoms with Crippen LogP contribution in [0.4, 0.5) is 18.9 Å². The molecule has 6 rings (SSSR count). The van der Waals surface area contributed by atoms with Crippen LogP contribution in [0.1, 0.15) is 81.0 Å². The predicted octanol–water partition coefficient (Wildman–Crippen LogP) is 9.23. The number of fused-ring (bicyclic) bond motifs is 3. The third-order valence-electron chi connectivity index (χ3n) is 10.5. The summed E-state index contributed by atoms with van der Waals surface area (Å²) in [7, 11) is 0. The monoisotopic (exact) mass is 695 g/mol. The number of amides is 3. The van der Waals surface area contributed by atoms with E-state index >= 15 is 0 Å². The van der Waals surface area contributed by atoms with Gasteiger partial charge in [-0.1, -0.05) is 118 Å². The number of hydrogen-bond acceptors (Lipinski definition) is 3. The van der Waals surface area contributed by atoms with Crippen LogP contribution in [0.2, 0.25) is 0 Å². The fourth-order valence-electron chi connectivity index (χ4n) is 7.80. The summed E-state index contributed by atoms with van der Waals surface area (Å²) < 4.78 is 39.7. The molecule has 1 fully saturated rings. The SMILES string of the molecule is CCCCC(C(N)=O)C(CC1CCCC1)C(=O)NC1C(=O)N(Cc2cccc(-c3ccc(C(F)(F)F)cc3)c2)c2ccccc2-c2ccccc21. The molecule has 3 atom stereocenters. The zero-order chi connectivity index (χ0) is 36.1. The Labute approximate surface area is 297 Å². The van der Waals surface area contributed by atoms with Crippen molar-refractivity contribution in [3.05, 3.63) is 114 Å². The van der Waals surface area contributed by atoms with Crippen molar-refractivity contribution in [1.82, 2.24) is 5.32 Å². The van der Waals surface area contributed by atoms with E-state index < -0.39 is 35.5 Å². The van der Waals surface area contributed by atoms with E-state index in [-0.39, 0.29) is 18.4 Å². The minimum Gasteiger partial charge on any atom is -0.369 e. The van der Waals surface area contributed by atoms with Gasteiger partial charge in [0.25, 0.3) is 5.91 Å². The summed E-state index contributed by atoms with van der Waals surface area (Å²) in [6.07, 6.45) is 2.45. The molecule has 1 saturated carbocycles. The molecule has 6 nitrogen and oxygen atoms in total. The number of nitrogens with two attached hydrogens (primary N) is 1. The molecule has 3 N–H and O–H groups in total. The van der Waals surface area contributed by atoms with Gasteiger partial charge >= 0.3 is 6.18 Å². The van der Waals surface area contributed by atoms with Crippen molar-refractivity contribution in [1.29, 1.82) is 0 Å². The van der Waals surface area contributed by atoms with Gasteiger partial charge in [-0.3, -0.25) is 14.4 Å². The minimum absolute atomic E-state index is 0.149. The van der Waals surface area contributed by atoms with Crippen molar-refractivity contribution in [3.63, 3.8) is 0 Å². The number of nitrogens with zero attached hydrogens (tertiary/aromatic N) is 1. The highest BCUT2D eigenvalue weighted by molar-refractivity contribution is 6.06. The third-order valence-corrected chi connectivity index (χ3v) is 10.5. The van der Waals surface area contributed by atoms with Crippen molar-refractivity contribution in [2.75, 3.05) is 4.90 Å². The lowest BCUT2D eigenvalue weighted by Gasteiger charge is -2.30. The van der Waals surface area contributed by atoms with Crippen LogP contribution in [0.15, 0.2) is 97.1 Å². The van der Waals surface area contributed by atoms with E-state index in [9.17, 15) is 27.6 Å². The van der Waals surface area contributed by atoms with Crippen LogP contribution in [-0.4, -0.2) is 17.7 Å². The number of halogens is 3. The van der Waals surface area contributed by atoms with E-state index in [1.807, 2.05) is 79.7 Å². The number of primary amides is 1. The zero-order valence-electron chi connectivity index (χ0n) is 28.8. The second-order valence-corrected chi connectivity index (χ2v) is 13.9. The normalized spacial score (nSPS) is 17.3. The van der Waals surface area contributed by atoms with Crippen LogP contribution in [0, 0.1) is 17.8 Å². The largest absolute Gasteiger partial charge is 0.416 e. The Balaban J connectivity index is 1.36. The van der Waals surface area contributed by atoms with Crippen LogP contribution in [0.3, 0.4) is 0 Å². The molecule has 0 aromatic heterocycles. The summed E-state index contributed by atoms with van der Waals surface area (Å²) >= 11 is 0. The number of hydrogen-bond donors (Lipinski definition) is 2. The molecule has 4 aromatic carbocycles. The predicted molar refractivity (Wildman–Crippen MR) is 193 cm³/mol. The van der Waals surface area contributed by atoms with E-state index in [1.54, 1.807) is 4.90 Å². The second kappa shape index (κ2) is 15.5. The van der Waals surface area contributed by atoms with E-state index in [2.05, 4.69) is 5.32 Å². The van der Waals surface area contributed by atoms with Gasteiger partial charge in [-0.15, -0.1) is 0 Å². The molecular weight excluding hydrogens is 651 g/mol. The molecule has 3 amide bonds. The Bertz CT molecular complexity index is 1870. The number of carbonyl (C=O) groups excluding carboxylic acids is 3. The van der Waals surface area contributed by atoms with Gasteiger partial charge in [-0.2, -0.15) is 13.2 Å². The molecule has 51 heavy (non-hydrogen) atoms. The summed E-state index contributed by atoms with van der Waals surface area (Å²) in [5.74, 6) is -2.13. The quantitative estimate of drug-likeness (QED) is 0.155. The van der Waals surface area contributed by atoms with Crippen molar-refractivity contribution < 1.29 is 27.6 Å². The second-order valence-electron chi connectivity index (χ2n) is 13.9. The number of unbranched alkanes of at least 4 members (excludes halogenated alkanes) is 1. The fraction of sp³-hybridized carbons (Fsp3) is 0.357. The maximum absolute atomic E-state index is 14.9. The van der Waals surface area contributed by atoms with Gasteiger partial charge in [0.2, 0.25) is 11.8 Å². The minimum atomic E-state index is -4.43. The van der Waals surface area contributed by atoms with Crippen molar-refractivity contribution in [2.24, 2.45) is 23.5 Å². The van der Waals surface area contributed by atoms with E-state index in [0.717, 1.165) is 67.3 Å². The van der Waals surface area contributed by atoms with Crippen molar-refractivity contribution in [3.8, 4) is 22.3 Å². The van der Waals surface area contributed by atoms with E-state index in [4.69, 9.17) is 5.73 Å². The smallest absolute Gasteiger partial charge is 0.369 e. The zero-order valence-corrected chi connectivity index (χ0v) is 28.8. The number of carbonyl (C=O) groups is 3. The Hall–Kier alpha value is -4.92. The van der Waals surface area contributed by atoms with Gasteiger partial charge in [0.15, 0.2) is 0 Å². The lowest BCUT2D eigenvalue weighted by Crippen LogP contribution is -2.47. The highest BCUT2D eigenvalue weighted by Gasteiger charge is 2.40. The molecule has 9 heteroatoms. The molecular formula is C42H44F3N3O3. The van der Waals surface area contributed by atoms with Crippen LogP contribution >= 0.6 is 0 Å².